The molecule has 51 heavy (non-hydrogen) atoms. The molecule has 0 bridgehead atoms. The zero-order chi connectivity index (χ0) is 37.0. The van der Waals surface area contributed by atoms with E-state index in [1.165, 1.54) is 141 Å². The highest BCUT2D eigenvalue weighted by Crippen LogP contribution is 2.12. The second-order valence-electron chi connectivity index (χ2n) is 14.1. The Hall–Kier alpha value is -1.24. The van der Waals surface area contributed by atoms with Gasteiger partial charge in [-0.25, -0.2) is 0 Å². The molecular formula is C46H86O5. The monoisotopic (exact) mass is 719 g/mol. The fourth-order valence-electron chi connectivity index (χ4n) is 5.77. The zero-order valence-electron chi connectivity index (χ0n) is 34.4. The van der Waals surface area contributed by atoms with Crippen molar-refractivity contribution in [3.05, 3.63) is 48.6 Å². The third-order valence-electron chi connectivity index (χ3n) is 9.00. The minimum atomic E-state index is -0.239. The van der Waals surface area contributed by atoms with Gasteiger partial charge in [0.1, 0.15) is 0 Å². The second kappa shape index (κ2) is 44.9. The van der Waals surface area contributed by atoms with Crippen molar-refractivity contribution in [2.75, 3.05) is 26.8 Å². The fraction of sp³-hybridized carbons (Fsp3) is 0.826. The summed E-state index contributed by atoms with van der Waals surface area (Å²) in [5.74, 6) is 0. The molecule has 5 nitrogen and oxygen atoms in total. The van der Waals surface area contributed by atoms with Crippen LogP contribution < -0.4 is 0 Å². The molecule has 300 valence electrons. The number of hydrogen-bond acceptors (Lipinski definition) is 5. The molecule has 0 spiro atoms. The Morgan fingerprint density at radius 3 is 0.922 bits per heavy atom. The number of rotatable bonds is 42. The summed E-state index contributed by atoms with van der Waals surface area (Å²) in [7, 11) is 0. The van der Waals surface area contributed by atoms with Crippen molar-refractivity contribution < 1.29 is 23.7 Å². The van der Waals surface area contributed by atoms with Gasteiger partial charge >= 0.3 is 0 Å². The number of hydrogen-bond donors (Lipinski definition) is 0. The molecule has 0 aliphatic rings. The van der Waals surface area contributed by atoms with Crippen molar-refractivity contribution in [1.82, 2.24) is 0 Å². The number of allylic oxidation sites excluding steroid dienone is 6. The topological polar surface area (TPSA) is 46.2 Å². The number of ether oxygens (including phenoxy) is 5. The Morgan fingerprint density at radius 1 is 0.314 bits per heavy atom. The zero-order valence-corrected chi connectivity index (χ0v) is 34.4. The average Bonchev–Trinajstić information content (AvgIpc) is 3.13. The van der Waals surface area contributed by atoms with E-state index >= 15 is 0 Å². The first kappa shape index (κ1) is 49.8. The highest BCUT2D eigenvalue weighted by atomic mass is 16.8. The molecule has 0 radical (unpaired) electrons. The SMILES string of the molecule is CCCCC=CCCCCCCCCC=CCCOC(CCC)OCOCOC(CCC)OCCC=CCCCCCCCCC=CCCCC. The van der Waals surface area contributed by atoms with Crippen LogP contribution in [0.2, 0.25) is 0 Å². The summed E-state index contributed by atoms with van der Waals surface area (Å²) in [6, 6.07) is 0. The average molecular weight is 719 g/mol. The Balaban J connectivity index is 3.75. The Morgan fingerprint density at radius 2 is 0.608 bits per heavy atom. The lowest BCUT2D eigenvalue weighted by atomic mass is 10.1. The van der Waals surface area contributed by atoms with E-state index in [2.05, 4.69) is 76.3 Å². The van der Waals surface area contributed by atoms with E-state index in [0.717, 1.165) is 38.5 Å². The van der Waals surface area contributed by atoms with Crippen LogP contribution in [0.5, 0.6) is 0 Å². The summed E-state index contributed by atoms with van der Waals surface area (Å²) in [5, 5.41) is 0. The summed E-state index contributed by atoms with van der Waals surface area (Å²) < 4.78 is 29.3. The van der Waals surface area contributed by atoms with Crippen LogP contribution in [0.3, 0.4) is 0 Å². The summed E-state index contributed by atoms with van der Waals surface area (Å²) >= 11 is 0. The second-order valence-corrected chi connectivity index (χ2v) is 14.1. The van der Waals surface area contributed by atoms with Crippen LogP contribution >= 0.6 is 0 Å². The van der Waals surface area contributed by atoms with E-state index in [9.17, 15) is 0 Å². The molecule has 0 aliphatic carbocycles. The predicted molar refractivity (Wildman–Crippen MR) is 221 cm³/mol. The van der Waals surface area contributed by atoms with Gasteiger partial charge in [0.05, 0.1) is 13.2 Å². The first-order chi connectivity index (χ1) is 25.3. The third-order valence-corrected chi connectivity index (χ3v) is 9.00. The molecule has 5 heteroatoms. The largest absolute Gasteiger partial charge is 0.352 e. The summed E-state index contributed by atoms with van der Waals surface area (Å²) in [6.07, 6.45) is 52.4. The Kier molecular flexibility index (Phi) is 43.8. The molecule has 0 saturated carbocycles. The minimum absolute atomic E-state index is 0.161. The smallest absolute Gasteiger partial charge is 0.160 e. The van der Waals surface area contributed by atoms with Crippen LogP contribution in [0.4, 0.5) is 0 Å². The van der Waals surface area contributed by atoms with Crippen molar-refractivity contribution in [2.45, 2.75) is 220 Å². The van der Waals surface area contributed by atoms with Gasteiger partial charge in [-0.1, -0.05) is 166 Å². The van der Waals surface area contributed by atoms with Gasteiger partial charge in [0.2, 0.25) is 0 Å². The maximum absolute atomic E-state index is 5.98. The van der Waals surface area contributed by atoms with Crippen LogP contribution in [-0.4, -0.2) is 39.4 Å². The molecule has 2 unspecified atom stereocenters. The molecule has 0 aromatic rings. The van der Waals surface area contributed by atoms with E-state index in [1.807, 2.05) is 0 Å². The molecule has 0 saturated heterocycles. The highest BCUT2D eigenvalue weighted by Gasteiger charge is 2.10. The summed E-state index contributed by atoms with van der Waals surface area (Å²) in [4.78, 5) is 0. The van der Waals surface area contributed by atoms with Crippen molar-refractivity contribution >= 4 is 0 Å². The third kappa shape index (κ3) is 41.4. The molecule has 0 N–H and O–H groups in total. The molecule has 0 fully saturated rings. The first-order valence-corrected chi connectivity index (χ1v) is 21.9. The minimum Gasteiger partial charge on any atom is -0.352 e. The van der Waals surface area contributed by atoms with Crippen LogP contribution in [0.15, 0.2) is 48.6 Å². The maximum atomic E-state index is 5.98. The van der Waals surface area contributed by atoms with Crippen molar-refractivity contribution in [1.29, 1.82) is 0 Å². The molecule has 0 rings (SSSR count). The molecule has 0 amide bonds. The molecule has 0 aromatic carbocycles. The normalized spacial score (nSPS) is 13.6. The van der Waals surface area contributed by atoms with E-state index in [0.29, 0.717) is 13.2 Å². The van der Waals surface area contributed by atoms with E-state index in [-0.39, 0.29) is 26.2 Å². The van der Waals surface area contributed by atoms with Gasteiger partial charge in [-0.3, -0.25) is 0 Å². The van der Waals surface area contributed by atoms with Crippen molar-refractivity contribution in [3.8, 4) is 0 Å². The van der Waals surface area contributed by atoms with Gasteiger partial charge in [0, 0.05) is 0 Å². The quantitative estimate of drug-likeness (QED) is 0.0357. The lowest BCUT2D eigenvalue weighted by molar-refractivity contribution is -0.247. The van der Waals surface area contributed by atoms with Gasteiger partial charge in [-0.2, -0.15) is 0 Å². The van der Waals surface area contributed by atoms with Crippen LogP contribution in [-0.2, 0) is 23.7 Å². The predicted octanol–water partition coefficient (Wildman–Crippen LogP) is 14.9. The molecular weight excluding hydrogens is 633 g/mol. The van der Waals surface area contributed by atoms with Gasteiger partial charge in [0.25, 0.3) is 0 Å². The number of unbranched alkanes of at least 4 members (excludes halogenated alkanes) is 18. The van der Waals surface area contributed by atoms with Gasteiger partial charge < -0.3 is 23.7 Å². The lowest BCUT2D eigenvalue weighted by Gasteiger charge is -2.20. The van der Waals surface area contributed by atoms with Crippen LogP contribution in [0.25, 0.3) is 0 Å². The molecule has 2 atom stereocenters. The Bertz CT molecular complexity index is 699. The summed E-state index contributed by atoms with van der Waals surface area (Å²) in [6.45, 7) is 10.5. The van der Waals surface area contributed by atoms with E-state index in [1.54, 1.807) is 0 Å². The van der Waals surface area contributed by atoms with Crippen LogP contribution in [0, 0.1) is 0 Å². The van der Waals surface area contributed by atoms with Gasteiger partial charge in [0.15, 0.2) is 26.2 Å². The molecule has 0 heterocycles. The summed E-state index contributed by atoms with van der Waals surface area (Å²) in [5.41, 5.74) is 0. The van der Waals surface area contributed by atoms with Crippen molar-refractivity contribution in [2.24, 2.45) is 0 Å². The van der Waals surface area contributed by atoms with Gasteiger partial charge in [-0.15, -0.1) is 0 Å². The lowest BCUT2D eigenvalue weighted by Crippen LogP contribution is -2.22. The standard InChI is InChI=1S/C46H86O5/c1-5-9-11-13-15-17-19-21-23-25-27-29-31-33-35-37-41-48-45(39-7-3)50-43-47-44-51-46(40-8-4)49-42-38-36-34-32-30-28-26-24-22-20-18-16-14-12-10-6-2/h13-16,33-36,45-46H,5-12,17-32,37-44H2,1-4H3. The van der Waals surface area contributed by atoms with E-state index in [4.69, 9.17) is 23.7 Å². The maximum Gasteiger partial charge on any atom is 0.160 e. The fourth-order valence-corrected chi connectivity index (χ4v) is 5.77. The van der Waals surface area contributed by atoms with Crippen molar-refractivity contribution in [3.63, 3.8) is 0 Å². The molecule has 0 aromatic heterocycles. The first-order valence-electron chi connectivity index (χ1n) is 21.9. The highest BCUT2D eigenvalue weighted by molar-refractivity contribution is 4.83. The van der Waals surface area contributed by atoms with E-state index < -0.39 is 0 Å². The van der Waals surface area contributed by atoms with Crippen LogP contribution in [0.1, 0.15) is 207 Å². The Labute approximate surface area is 318 Å². The van der Waals surface area contributed by atoms with Gasteiger partial charge in [-0.05, 0) is 89.9 Å². The molecule has 0 aliphatic heterocycles.